The molecule has 0 spiro atoms. The number of rotatable bonds is 7. The Kier molecular flexibility index (Phi) is 7.00. The van der Waals surface area contributed by atoms with Gasteiger partial charge in [0.15, 0.2) is 10.1 Å². The molecule has 3 aromatic heterocycles. The summed E-state index contributed by atoms with van der Waals surface area (Å²) in [5, 5.41) is 31.5. The molecule has 4 heterocycles. The second-order valence-corrected chi connectivity index (χ2v) is 11.4. The van der Waals surface area contributed by atoms with Crippen LogP contribution in [0.15, 0.2) is 82.8 Å². The van der Waals surface area contributed by atoms with Crippen LogP contribution in [0, 0.1) is 22.9 Å². The Labute approximate surface area is 245 Å². The maximum atomic E-state index is 14.1. The lowest BCUT2D eigenvalue weighted by Crippen LogP contribution is -2.29. The van der Waals surface area contributed by atoms with Crippen molar-refractivity contribution in [3.05, 3.63) is 117 Å². The molecule has 14 heteroatoms. The van der Waals surface area contributed by atoms with E-state index in [1.807, 2.05) is 0 Å². The van der Waals surface area contributed by atoms with Gasteiger partial charge in [-0.05, 0) is 36.2 Å². The minimum Gasteiger partial charge on any atom is -0.505 e. The first kappa shape index (κ1) is 27.2. The molecule has 6 rings (SSSR count). The van der Waals surface area contributed by atoms with Crippen molar-refractivity contribution < 1.29 is 24.0 Å². The number of aryl methyl sites for hydroxylation is 1. The molecule has 1 fully saturated rings. The molecule has 1 amide bonds. The Morgan fingerprint density at radius 2 is 1.90 bits per heavy atom. The summed E-state index contributed by atoms with van der Waals surface area (Å²) in [6, 6.07) is 15.8. The second-order valence-electron chi connectivity index (χ2n) is 9.23. The average molecular weight is 603 g/mol. The van der Waals surface area contributed by atoms with Gasteiger partial charge in [0.1, 0.15) is 17.2 Å². The highest BCUT2D eigenvalue weighted by Crippen LogP contribution is 2.45. The summed E-state index contributed by atoms with van der Waals surface area (Å²) in [5.41, 5.74) is 1.26. The third kappa shape index (κ3) is 4.69. The fourth-order valence-electron chi connectivity index (χ4n) is 4.79. The number of carbonyl (C=O) groups excluding carboxylic acids is 2. The number of carbonyl (C=O) groups is 2. The van der Waals surface area contributed by atoms with Gasteiger partial charge in [-0.1, -0.05) is 59.5 Å². The summed E-state index contributed by atoms with van der Waals surface area (Å²) in [4.78, 5) is 43.6. The van der Waals surface area contributed by atoms with Crippen molar-refractivity contribution in [3.63, 3.8) is 0 Å². The molecule has 1 aliphatic heterocycles. The van der Waals surface area contributed by atoms with E-state index in [0.29, 0.717) is 21.2 Å². The van der Waals surface area contributed by atoms with Crippen LogP contribution < -0.4 is 4.90 Å². The monoisotopic (exact) mass is 602 g/mol. The molecule has 0 bridgehead atoms. The molecule has 42 heavy (non-hydrogen) atoms. The van der Waals surface area contributed by atoms with Gasteiger partial charge in [-0.3, -0.25) is 29.0 Å². The number of aliphatic hydroxyl groups excluding tert-OH is 1. The summed E-state index contributed by atoms with van der Waals surface area (Å²) < 4.78 is 16.1. The van der Waals surface area contributed by atoms with Crippen molar-refractivity contribution in [2.24, 2.45) is 0 Å². The third-order valence-electron chi connectivity index (χ3n) is 6.68. The van der Waals surface area contributed by atoms with E-state index in [1.54, 1.807) is 53.9 Å². The first-order chi connectivity index (χ1) is 20.2. The van der Waals surface area contributed by atoms with Crippen LogP contribution in [-0.4, -0.2) is 41.3 Å². The number of Topliss-reactive ketones (excluding diaryl/α,β-unsaturated/α-hetero) is 1. The number of nitrogens with zero attached hydrogens (tertiary/aromatic N) is 6. The number of hydrogen-bond donors (Lipinski definition) is 1. The Balaban J connectivity index is 1.47. The molecular formula is C28H19FN6O5S2. The lowest BCUT2D eigenvalue weighted by atomic mass is 9.96. The minimum absolute atomic E-state index is 0.0403. The van der Waals surface area contributed by atoms with Crippen LogP contribution in [0.25, 0.3) is 11.4 Å². The number of hydrogen-bond acceptors (Lipinski definition) is 10. The quantitative estimate of drug-likeness (QED) is 0.0488. The fourth-order valence-corrected chi connectivity index (χ4v) is 6.65. The molecule has 1 N–H and O–H groups in total. The van der Waals surface area contributed by atoms with Gasteiger partial charge in [-0.2, -0.15) is 0 Å². The number of benzene rings is 2. The van der Waals surface area contributed by atoms with Crippen LogP contribution in [0.2, 0.25) is 0 Å². The Morgan fingerprint density at radius 1 is 1.12 bits per heavy atom. The first-order valence-corrected chi connectivity index (χ1v) is 14.2. The van der Waals surface area contributed by atoms with Crippen LogP contribution in [0.4, 0.5) is 15.2 Å². The van der Waals surface area contributed by atoms with Crippen molar-refractivity contribution in [2.75, 3.05) is 4.90 Å². The van der Waals surface area contributed by atoms with E-state index in [2.05, 4.69) is 15.2 Å². The SMILES string of the molecule is Cc1nc2ccccn2c1/C(O)=C1\C(=O)C(=O)N(c2nnc(SCc3ccccc3F)s2)C1c1cccc([N+](=O)[O-])c1. The van der Waals surface area contributed by atoms with E-state index in [-0.39, 0.29) is 39.2 Å². The third-order valence-corrected chi connectivity index (χ3v) is 8.79. The van der Waals surface area contributed by atoms with Gasteiger partial charge in [0, 0.05) is 24.1 Å². The van der Waals surface area contributed by atoms with Crippen molar-refractivity contribution in [2.45, 2.75) is 23.1 Å². The lowest BCUT2D eigenvalue weighted by Gasteiger charge is -2.22. The number of anilines is 1. The normalized spacial score (nSPS) is 16.4. The molecule has 1 unspecified atom stereocenters. The molecule has 1 atom stereocenters. The minimum atomic E-state index is -1.25. The van der Waals surface area contributed by atoms with Crippen molar-refractivity contribution in [1.29, 1.82) is 0 Å². The summed E-state index contributed by atoms with van der Waals surface area (Å²) in [5.74, 6) is -2.58. The fraction of sp³-hybridized carbons (Fsp3) is 0.107. The zero-order chi connectivity index (χ0) is 29.5. The molecule has 5 aromatic rings. The van der Waals surface area contributed by atoms with Crippen molar-refractivity contribution in [3.8, 4) is 0 Å². The van der Waals surface area contributed by atoms with E-state index in [0.717, 1.165) is 16.2 Å². The van der Waals surface area contributed by atoms with Crippen molar-refractivity contribution >= 4 is 57.0 Å². The van der Waals surface area contributed by atoms with Crippen LogP contribution >= 0.6 is 23.1 Å². The topological polar surface area (TPSA) is 144 Å². The predicted octanol–water partition coefficient (Wildman–Crippen LogP) is 5.46. The number of ketones is 1. The number of pyridine rings is 1. The van der Waals surface area contributed by atoms with E-state index < -0.39 is 28.4 Å². The molecule has 2 aromatic carbocycles. The highest BCUT2D eigenvalue weighted by atomic mass is 32.2. The largest absolute Gasteiger partial charge is 0.505 e. The van der Waals surface area contributed by atoms with E-state index in [4.69, 9.17) is 0 Å². The summed E-state index contributed by atoms with van der Waals surface area (Å²) in [6.45, 7) is 1.66. The van der Waals surface area contributed by atoms with E-state index in [9.17, 15) is 29.2 Å². The molecule has 0 aliphatic carbocycles. The van der Waals surface area contributed by atoms with Crippen LogP contribution in [0.1, 0.15) is 28.6 Å². The van der Waals surface area contributed by atoms with E-state index in [1.165, 1.54) is 42.1 Å². The summed E-state index contributed by atoms with van der Waals surface area (Å²) in [7, 11) is 0. The molecule has 1 saturated heterocycles. The number of aliphatic hydroxyl groups is 1. The number of non-ortho nitro benzene ring substituents is 1. The number of imidazole rings is 1. The van der Waals surface area contributed by atoms with Crippen LogP contribution in [0.3, 0.4) is 0 Å². The Hall–Kier alpha value is -4.95. The highest BCUT2D eigenvalue weighted by Gasteiger charge is 2.49. The van der Waals surface area contributed by atoms with Gasteiger partial charge >= 0.3 is 5.91 Å². The number of thioether (sulfide) groups is 1. The van der Waals surface area contributed by atoms with Gasteiger partial charge in [0.05, 0.1) is 22.2 Å². The number of aromatic nitrogens is 4. The first-order valence-electron chi connectivity index (χ1n) is 12.4. The number of nitro groups is 1. The lowest BCUT2D eigenvalue weighted by molar-refractivity contribution is -0.384. The van der Waals surface area contributed by atoms with E-state index >= 15 is 0 Å². The summed E-state index contributed by atoms with van der Waals surface area (Å²) in [6.07, 6.45) is 1.66. The second kappa shape index (κ2) is 10.8. The van der Waals surface area contributed by atoms with Gasteiger partial charge in [-0.25, -0.2) is 9.37 Å². The van der Waals surface area contributed by atoms with Gasteiger partial charge in [0.2, 0.25) is 5.13 Å². The average Bonchev–Trinajstić information content (AvgIpc) is 3.66. The van der Waals surface area contributed by atoms with Crippen molar-refractivity contribution in [1.82, 2.24) is 19.6 Å². The zero-order valence-corrected chi connectivity index (χ0v) is 23.3. The van der Waals surface area contributed by atoms with Gasteiger partial charge in [0.25, 0.3) is 11.5 Å². The molecular weight excluding hydrogens is 583 g/mol. The molecule has 0 saturated carbocycles. The smallest absolute Gasteiger partial charge is 0.301 e. The number of fused-ring (bicyclic) bond motifs is 1. The maximum absolute atomic E-state index is 14.1. The predicted molar refractivity (Wildman–Crippen MR) is 154 cm³/mol. The van der Waals surface area contributed by atoms with Gasteiger partial charge in [-0.15, -0.1) is 10.2 Å². The molecule has 1 aliphatic rings. The number of amides is 1. The van der Waals surface area contributed by atoms with Crippen LogP contribution in [-0.2, 0) is 15.3 Å². The zero-order valence-electron chi connectivity index (χ0n) is 21.7. The highest BCUT2D eigenvalue weighted by molar-refractivity contribution is 8.00. The van der Waals surface area contributed by atoms with Gasteiger partial charge < -0.3 is 5.11 Å². The molecule has 0 radical (unpaired) electrons. The standard InChI is InChI=1S/C28H19FN6O5S2/c1-15-22(33-12-5-4-11-20(33)30-15)24(36)21-23(16-8-6-9-18(13-16)35(39)40)34(26(38)25(21)37)27-31-32-28(42-27)41-14-17-7-2-3-10-19(17)29/h2-13,23,36H,14H2,1H3/b24-21+. The Bertz CT molecular complexity index is 1940. The molecule has 11 nitrogen and oxygen atoms in total. The Morgan fingerprint density at radius 3 is 2.69 bits per heavy atom. The summed E-state index contributed by atoms with van der Waals surface area (Å²) >= 11 is 2.20. The van der Waals surface area contributed by atoms with Crippen LogP contribution in [0.5, 0.6) is 0 Å². The molecule has 210 valence electrons. The number of halogens is 1. The number of nitro benzene ring substituents is 1. The maximum Gasteiger partial charge on any atom is 0.301 e.